The van der Waals surface area contributed by atoms with Crippen LogP contribution in [0, 0.1) is 10.8 Å². The van der Waals surface area contributed by atoms with Gasteiger partial charge in [0.2, 0.25) is 0 Å². The van der Waals surface area contributed by atoms with E-state index in [-0.39, 0.29) is 39.7 Å². The first-order valence-corrected chi connectivity index (χ1v) is 4.62. The van der Waals surface area contributed by atoms with E-state index < -0.39 is 10.8 Å². The topological polar surface area (TPSA) is 34.1 Å². The van der Waals surface area contributed by atoms with Crippen molar-refractivity contribution in [2.45, 2.75) is 48.0 Å². The van der Waals surface area contributed by atoms with E-state index >= 15 is 0 Å². The minimum Gasteiger partial charge on any atom is -0.299 e. The molecule has 0 atom stereocenters. The van der Waals surface area contributed by atoms with Crippen LogP contribution in [0.1, 0.15) is 48.0 Å². The number of hydrogen-bond donors (Lipinski definition) is 0. The molecule has 0 saturated carbocycles. The molecule has 0 aliphatic heterocycles. The molecule has 2 nitrogen and oxygen atoms in total. The van der Waals surface area contributed by atoms with Gasteiger partial charge in [-0.05, 0) is 0 Å². The molecule has 0 spiro atoms. The van der Waals surface area contributed by atoms with Gasteiger partial charge in [-0.2, -0.15) is 0 Å². The molecule has 0 fully saturated rings. The van der Waals surface area contributed by atoms with Crippen LogP contribution < -0.4 is 0 Å². The summed E-state index contributed by atoms with van der Waals surface area (Å²) in [5.74, 6) is 0.0415. The number of hydrogen-bond acceptors (Lipinski definition) is 2. The molecule has 0 saturated heterocycles. The standard InChI is InChI=1S/C11H20O2.Ti/c1-10(2,3)8(12)7-9(13)11(4,5)6;/h7H2,1-6H3;/q;+2. The van der Waals surface area contributed by atoms with Crippen LogP contribution in [-0.2, 0) is 31.3 Å². The summed E-state index contributed by atoms with van der Waals surface area (Å²) in [7, 11) is 0. The molecule has 0 N–H and O–H groups in total. The molecule has 0 bridgehead atoms. The quantitative estimate of drug-likeness (QED) is 0.541. The summed E-state index contributed by atoms with van der Waals surface area (Å²) >= 11 is 0. The molecule has 14 heavy (non-hydrogen) atoms. The van der Waals surface area contributed by atoms with E-state index in [1.165, 1.54) is 0 Å². The Kier molecular flexibility index (Phi) is 6.15. The Balaban J connectivity index is 0. The van der Waals surface area contributed by atoms with Crippen LogP contribution >= 0.6 is 0 Å². The van der Waals surface area contributed by atoms with Gasteiger partial charge in [0.25, 0.3) is 0 Å². The molecule has 0 aromatic carbocycles. The summed E-state index contributed by atoms with van der Waals surface area (Å²) in [4.78, 5) is 23.0. The Hall–Kier alpha value is 0.0543. The van der Waals surface area contributed by atoms with Crippen molar-refractivity contribution in [1.82, 2.24) is 0 Å². The third-order valence-corrected chi connectivity index (χ3v) is 1.99. The number of Topliss-reactive ketones (excluding diaryl/α,β-unsaturated/α-hetero) is 2. The summed E-state index contributed by atoms with van der Waals surface area (Å²) in [6.45, 7) is 11.0. The minimum absolute atomic E-state index is 0. The summed E-state index contributed by atoms with van der Waals surface area (Å²) in [5.41, 5.74) is -0.804. The summed E-state index contributed by atoms with van der Waals surface area (Å²) in [6, 6.07) is 0. The molecule has 78 valence electrons. The van der Waals surface area contributed by atoms with Crippen molar-refractivity contribution in [3.8, 4) is 0 Å². The smallest absolute Gasteiger partial charge is 0.299 e. The van der Waals surface area contributed by atoms with Gasteiger partial charge in [-0.25, -0.2) is 0 Å². The van der Waals surface area contributed by atoms with Gasteiger partial charge in [-0.3, -0.25) is 9.59 Å². The first kappa shape index (κ1) is 16.5. The van der Waals surface area contributed by atoms with Crippen LogP contribution in [-0.4, -0.2) is 11.6 Å². The zero-order valence-corrected chi connectivity index (χ0v) is 11.6. The van der Waals surface area contributed by atoms with Gasteiger partial charge in [0, 0.05) is 10.8 Å². The van der Waals surface area contributed by atoms with E-state index in [9.17, 15) is 9.59 Å². The Morgan fingerprint density at radius 3 is 1.14 bits per heavy atom. The monoisotopic (exact) mass is 232 g/mol. The van der Waals surface area contributed by atoms with Crippen molar-refractivity contribution < 1.29 is 31.3 Å². The molecule has 0 aromatic heterocycles. The second kappa shape index (κ2) is 5.22. The van der Waals surface area contributed by atoms with Gasteiger partial charge in [0.05, 0.1) is 6.42 Å². The van der Waals surface area contributed by atoms with Crippen LogP contribution in [0.15, 0.2) is 0 Å². The maximum absolute atomic E-state index is 11.5. The van der Waals surface area contributed by atoms with Crippen LogP contribution in [0.25, 0.3) is 0 Å². The maximum Gasteiger partial charge on any atom is 2.00 e. The van der Waals surface area contributed by atoms with Gasteiger partial charge < -0.3 is 0 Å². The van der Waals surface area contributed by atoms with Gasteiger partial charge in [0.1, 0.15) is 11.6 Å². The van der Waals surface area contributed by atoms with E-state index in [4.69, 9.17) is 0 Å². The van der Waals surface area contributed by atoms with Gasteiger partial charge >= 0.3 is 21.7 Å². The number of carbonyl (C=O) groups is 2. The zero-order valence-electron chi connectivity index (χ0n) is 10.0. The second-order valence-corrected chi connectivity index (χ2v) is 5.52. The fourth-order valence-electron chi connectivity index (χ4n) is 0.676. The zero-order chi connectivity index (χ0) is 10.9. The van der Waals surface area contributed by atoms with E-state index in [0.29, 0.717) is 0 Å². The molecular weight excluding hydrogens is 212 g/mol. The van der Waals surface area contributed by atoms with Gasteiger partial charge in [-0.1, -0.05) is 41.5 Å². The predicted octanol–water partition coefficient (Wildman–Crippen LogP) is 2.60. The SMILES string of the molecule is CC(C)(C)C(=O)CC(=O)C(C)(C)C.[Ti+2]. The Bertz CT molecular complexity index is 194. The third-order valence-electron chi connectivity index (χ3n) is 1.99. The van der Waals surface area contributed by atoms with Crippen LogP contribution in [0.4, 0.5) is 0 Å². The normalized spacial score (nSPS) is 11.9. The Labute approximate surface area is 102 Å². The number of rotatable bonds is 2. The van der Waals surface area contributed by atoms with Gasteiger partial charge in [-0.15, -0.1) is 0 Å². The number of carbonyl (C=O) groups excluding carboxylic acids is 2. The van der Waals surface area contributed by atoms with E-state index in [1.54, 1.807) is 0 Å². The van der Waals surface area contributed by atoms with E-state index in [0.717, 1.165) is 0 Å². The minimum atomic E-state index is -0.402. The van der Waals surface area contributed by atoms with Crippen LogP contribution in [0.3, 0.4) is 0 Å². The molecule has 3 heteroatoms. The van der Waals surface area contributed by atoms with Crippen molar-refractivity contribution in [2.24, 2.45) is 10.8 Å². The van der Waals surface area contributed by atoms with Crippen molar-refractivity contribution in [2.75, 3.05) is 0 Å². The largest absolute Gasteiger partial charge is 2.00 e. The fraction of sp³-hybridized carbons (Fsp3) is 0.818. The van der Waals surface area contributed by atoms with Crippen LogP contribution in [0.5, 0.6) is 0 Å². The van der Waals surface area contributed by atoms with Crippen molar-refractivity contribution >= 4 is 11.6 Å². The Morgan fingerprint density at radius 2 is 1.00 bits per heavy atom. The molecule has 0 aliphatic carbocycles. The molecule has 0 unspecified atom stereocenters. The van der Waals surface area contributed by atoms with Gasteiger partial charge in [0.15, 0.2) is 0 Å². The molecule has 0 aromatic rings. The van der Waals surface area contributed by atoms with Crippen molar-refractivity contribution in [1.29, 1.82) is 0 Å². The molecule has 0 rings (SSSR count). The number of ketones is 2. The van der Waals surface area contributed by atoms with E-state index in [1.807, 2.05) is 41.5 Å². The van der Waals surface area contributed by atoms with E-state index in [2.05, 4.69) is 0 Å². The molecule has 0 aliphatic rings. The first-order chi connectivity index (χ1) is 5.55. The second-order valence-electron chi connectivity index (χ2n) is 5.52. The summed E-state index contributed by atoms with van der Waals surface area (Å²) < 4.78 is 0. The molecule has 0 heterocycles. The Morgan fingerprint density at radius 1 is 0.786 bits per heavy atom. The summed E-state index contributed by atoms with van der Waals surface area (Å²) in [6.07, 6.45) is 0.0625. The predicted molar refractivity (Wildman–Crippen MR) is 53.5 cm³/mol. The molecule has 0 amide bonds. The average Bonchev–Trinajstić information content (AvgIpc) is 1.82. The van der Waals surface area contributed by atoms with Crippen molar-refractivity contribution in [3.63, 3.8) is 0 Å². The van der Waals surface area contributed by atoms with Crippen LogP contribution in [0.2, 0.25) is 0 Å². The third kappa shape index (κ3) is 5.72. The fourth-order valence-corrected chi connectivity index (χ4v) is 0.676. The average molecular weight is 232 g/mol. The first-order valence-electron chi connectivity index (χ1n) is 4.62. The molecule has 0 radical (unpaired) electrons. The summed E-state index contributed by atoms with van der Waals surface area (Å²) in [5, 5.41) is 0. The maximum atomic E-state index is 11.5. The molecular formula is C11H20O2Ti+2. The van der Waals surface area contributed by atoms with Crippen molar-refractivity contribution in [3.05, 3.63) is 0 Å².